The highest BCUT2D eigenvalue weighted by atomic mass is 32.1. The van der Waals surface area contributed by atoms with Gasteiger partial charge in [-0.05, 0) is 32.2 Å². The minimum absolute atomic E-state index is 0.453. The fourth-order valence-electron chi connectivity index (χ4n) is 2.57. The maximum Gasteiger partial charge on any atom is 0.0798 e. The van der Waals surface area contributed by atoms with Gasteiger partial charge in [-0.15, -0.1) is 11.3 Å². The second kappa shape index (κ2) is 7.22. The van der Waals surface area contributed by atoms with Gasteiger partial charge < -0.3 is 5.73 Å². The number of aryl methyl sites for hydroxylation is 1. The van der Waals surface area contributed by atoms with Crippen LogP contribution in [0.3, 0.4) is 0 Å². The summed E-state index contributed by atoms with van der Waals surface area (Å²) in [6, 6.07) is 0.453. The van der Waals surface area contributed by atoms with Crippen LogP contribution in [0, 0.1) is 18.8 Å². The fourth-order valence-corrected chi connectivity index (χ4v) is 3.41. The zero-order valence-corrected chi connectivity index (χ0v) is 13.1. The van der Waals surface area contributed by atoms with E-state index in [0.29, 0.717) is 12.0 Å². The first kappa shape index (κ1) is 15.6. The van der Waals surface area contributed by atoms with Crippen LogP contribution in [0.4, 0.5) is 0 Å². The van der Waals surface area contributed by atoms with E-state index >= 15 is 0 Å². The van der Waals surface area contributed by atoms with E-state index in [1.54, 1.807) is 11.3 Å². The Labute approximate surface area is 115 Å². The zero-order chi connectivity index (χ0) is 13.7. The molecule has 4 heteroatoms. The molecule has 0 amide bonds. The summed E-state index contributed by atoms with van der Waals surface area (Å²) in [7, 11) is 2.17. The van der Waals surface area contributed by atoms with Gasteiger partial charge in [0.1, 0.15) is 0 Å². The van der Waals surface area contributed by atoms with E-state index in [-0.39, 0.29) is 0 Å². The van der Waals surface area contributed by atoms with Crippen LogP contribution in [0.2, 0.25) is 0 Å². The van der Waals surface area contributed by atoms with Gasteiger partial charge >= 0.3 is 0 Å². The third-order valence-corrected chi connectivity index (χ3v) is 4.47. The molecule has 1 rings (SSSR count). The SMILES string of the molecule is Cc1ncsc1CN(C)C(CN)C(C)CC(C)C. The summed E-state index contributed by atoms with van der Waals surface area (Å²) < 4.78 is 0. The summed E-state index contributed by atoms with van der Waals surface area (Å²) in [5.41, 5.74) is 9.04. The predicted molar refractivity (Wildman–Crippen MR) is 79.8 cm³/mol. The molecule has 0 saturated carbocycles. The van der Waals surface area contributed by atoms with Crippen LogP contribution in [-0.4, -0.2) is 29.5 Å². The molecule has 2 atom stereocenters. The van der Waals surface area contributed by atoms with E-state index in [1.807, 2.05) is 5.51 Å². The summed E-state index contributed by atoms with van der Waals surface area (Å²) >= 11 is 1.74. The largest absolute Gasteiger partial charge is 0.329 e. The number of likely N-dealkylation sites (N-methyl/N-ethyl adjacent to an activating group) is 1. The Morgan fingerprint density at radius 3 is 2.50 bits per heavy atom. The molecule has 0 radical (unpaired) electrons. The van der Waals surface area contributed by atoms with E-state index < -0.39 is 0 Å². The molecule has 0 bridgehead atoms. The molecule has 0 aromatic carbocycles. The molecule has 2 N–H and O–H groups in total. The molecule has 0 aliphatic heterocycles. The number of rotatable bonds is 7. The molecule has 104 valence electrons. The lowest BCUT2D eigenvalue weighted by Crippen LogP contribution is -2.42. The van der Waals surface area contributed by atoms with E-state index in [4.69, 9.17) is 5.73 Å². The predicted octanol–water partition coefficient (Wildman–Crippen LogP) is 2.89. The molecule has 0 spiro atoms. The van der Waals surface area contributed by atoms with Crippen LogP contribution in [0.1, 0.15) is 37.8 Å². The summed E-state index contributed by atoms with van der Waals surface area (Å²) in [6.45, 7) is 10.6. The van der Waals surface area contributed by atoms with Gasteiger partial charge in [-0.1, -0.05) is 20.8 Å². The number of aromatic nitrogens is 1. The standard InChI is InChI=1S/C14H27N3S/c1-10(2)6-11(3)13(7-15)17(5)8-14-12(4)16-9-18-14/h9-11,13H,6-8,15H2,1-5H3. The maximum atomic E-state index is 5.96. The number of nitrogens with zero attached hydrogens (tertiary/aromatic N) is 2. The Kier molecular flexibility index (Phi) is 6.26. The van der Waals surface area contributed by atoms with E-state index in [1.165, 1.54) is 11.3 Å². The second-order valence-corrected chi connectivity index (χ2v) is 6.63. The highest BCUT2D eigenvalue weighted by Gasteiger charge is 2.22. The molecule has 3 nitrogen and oxygen atoms in total. The van der Waals surface area contributed by atoms with Gasteiger partial charge in [0.2, 0.25) is 0 Å². The normalized spacial score (nSPS) is 15.3. The van der Waals surface area contributed by atoms with E-state index in [9.17, 15) is 0 Å². The monoisotopic (exact) mass is 269 g/mol. The first-order chi connectivity index (χ1) is 8.45. The summed E-state index contributed by atoms with van der Waals surface area (Å²) in [5, 5.41) is 0. The van der Waals surface area contributed by atoms with Crippen molar-refractivity contribution in [1.29, 1.82) is 0 Å². The lowest BCUT2D eigenvalue weighted by molar-refractivity contribution is 0.167. The molecule has 1 aromatic rings. The molecular formula is C14H27N3S. The van der Waals surface area contributed by atoms with Crippen LogP contribution in [0.5, 0.6) is 0 Å². The lowest BCUT2D eigenvalue weighted by atomic mass is 9.91. The lowest BCUT2D eigenvalue weighted by Gasteiger charge is -2.32. The van der Waals surface area contributed by atoms with Crippen LogP contribution < -0.4 is 5.73 Å². The molecular weight excluding hydrogens is 242 g/mol. The third kappa shape index (κ3) is 4.34. The van der Waals surface area contributed by atoms with Crippen molar-refractivity contribution in [1.82, 2.24) is 9.88 Å². The Morgan fingerprint density at radius 2 is 2.06 bits per heavy atom. The van der Waals surface area contributed by atoms with Crippen molar-refractivity contribution in [2.75, 3.05) is 13.6 Å². The van der Waals surface area contributed by atoms with E-state index in [2.05, 4.69) is 44.6 Å². The van der Waals surface area contributed by atoms with Crippen molar-refractivity contribution in [3.05, 3.63) is 16.1 Å². The van der Waals surface area contributed by atoms with Crippen molar-refractivity contribution in [3.8, 4) is 0 Å². The maximum absolute atomic E-state index is 5.96. The van der Waals surface area contributed by atoms with Crippen molar-refractivity contribution in [2.45, 2.75) is 46.7 Å². The highest BCUT2D eigenvalue weighted by molar-refractivity contribution is 7.09. The van der Waals surface area contributed by atoms with Crippen molar-refractivity contribution in [2.24, 2.45) is 17.6 Å². The Bertz CT molecular complexity index is 349. The summed E-state index contributed by atoms with van der Waals surface area (Å²) in [6.07, 6.45) is 1.23. The van der Waals surface area contributed by atoms with Gasteiger partial charge in [-0.2, -0.15) is 0 Å². The minimum Gasteiger partial charge on any atom is -0.329 e. The second-order valence-electron chi connectivity index (χ2n) is 5.69. The number of hydrogen-bond acceptors (Lipinski definition) is 4. The van der Waals surface area contributed by atoms with Crippen LogP contribution in [0.15, 0.2) is 5.51 Å². The summed E-state index contributed by atoms with van der Waals surface area (Å²) in [5.74, 6) is 1.36. The molecule has 0 fully saturated rings. The summed E-state index contributed by atoms with van der Waals surface area (Å²) in [4.78, 5) is 8.05. The van der Waals surface area contributed by atoms with Crippen LogP contribution in [-0.2, 0) is 6.54 Å². The molecule has 0 aliphatic rings. The van der Waals surface area contributed by atoms with Gasteiger partial charge in [-0.3, -0.25) is 4.90 Å². The van der Waals surface area contributed by atoms with Gasteiger partial charge in [0.25, 0.3) is 0 Å². The first-order valence-electron chi connectivity index (χ1n) is 6.75. The molecule has 0 saturated heterocycles. The third-order valence-electron chi connectivity index (χ3n) is 3.55. The Morgan fingerprint density at radius 1 is 1.39 bits per heavy atom. The van der Waals surface area contributed by atoms with E-state index in [0.717, 1.165) is 24.7 Å². The van der Waals surface area contributed by atoms with Gasteiger partial charge in [0, 0.05) is 24.0 Å². The van der Waals surface area contributed by atoms with Gasteiger partial charge in [0.15, 0.2) is 0 Å². The van der Waals surface area contributed by atoms with Gasteiger partial charge in [-0.25, -0.2) is 4.98 Å². The minimum atomic E-state index is 0.453. The van der Waals surface area contributed by atoms with Gasteiger partial charge in [0.05, 0.1) is 11.2 Å². The van der Waals surface area contributed by atoms with Crippen LogP contribution >= 0.6 is 11.3 Å². The number of thiazole rings is 1. The molecule has 1 aromatic heterocycles. The quantitative estimate of drug-likeness (QED) is 0.827. The van der Waals surface area contributed by atoms with Crippen molar-refractivity contribution < 1.29 is 0 Å². The average molecular weight is 269 g/mol. The zero-order valence-electron chi connectivity index (χ0n) is 12.3. The number of nitrogens with two attached hydrogens (primary N) is 1. The molecule has 0 aliphatic carbocycles. The van der Waals surface area contributed by atoms with Crippen LogP contribution in [0.25, 0.3) is 0 Å². The molecule has 2 unspecified atom stereocenters. The Hall–Kier alpha value is -0.450. The Balaban J connectivity index is 2.62. The molecule has 1 heterocycles. The molecule has 18 heavy (non-hydrogen) atoms. The fraction of sp³-hybridized carbons (Fsp3) is 0.786. The highest BCUT2D eigenvalue weighted by Crippen LogP contribution is 2.21. The number of hydrogen-bond donors (Lipinski definition) is 1. The first-order valence-corrected chi connectivity index (χ1v) is 7.62. The van der Waals surface area contributed by atoms with Crippen molar-refractivity contribution >= 4 is 11.3 Å². The van der Waals surface area contributed by atoms with Crippen molar-refractivity contribution in [3.63, 3.8) is 0 Å². The topological polar surface area (TPSA) is 42.2 Å². The average Bonchev–Trinajstić information content (AvgIpc) is 2.64. The smallest absolute Gasteiger partial charge is 0.0798 e.